The first kappa shape index (κ1) is 28.7. The number of amides is 1. The minimum Gasteiger partial charge on any atom is -0.405 e. The molecule has 0 aliphatic carbocycles. The van der Waals surface area contributed by atoms with E-state index in [-0.39, 0.29) is 17.5 Å². The molecule has 2 aliphatic rings. The molecule has 1 amide bonds. The predicted molar refractivity (Wildman–Crippen MR) is 151 cm³/mol. The van der Waals surface area contributed by atoms with Gasteiger partial charge in [-0.25, -0.2) is 9.98 Å². The molecule has 0 spiro atoms. The van der Waals surface area contributed by atoms with Crippen molar-refractivity contribution in [3.8, 4) is 0 Å². The van der Waals surface area contributed by atoms with Gasteiger partial charge in [0.25, 0.3) is 11.9 Å². The van der Waals surface area contributed by atoms with Crippen molar-refractivity contribution in [1.29, 1.82) is 10.8 Å². The fourth-order valence-electron chi connectivity index (χ4n) is 4.84. The van der Waals surface area contributed by atoms with E-state index in [4.69, 9.17) is 20.3 Å². The molecule has 1 fully saturated rings. The number of rotatable bonds is 5. The number of nitrogens with one attached hydrogen (secondary N) is 4. The van der Waals surface area contributed by atoms with Crippen LogP contribution in [0.15, 0.2) is 71.9 Å². The van der Waals surface area contributed by atoms with Crippen molar-refractivity contribution in [2.75, 3.05) is 30.4 Å². The van der Waals surface area contributed by atoms with Gasteiger partial charge in [0.15, 0.2) is 0 Å². The number of fused-ring (bicyclic) bond motifs is 1. The smallest absolute Gasteiger partial charge is 0.405 e. The van der Waals surface area contributed by atoms with E-state index in [1.54, 1.807) is 24.1 Å². The summed E-state index contributed by atoms with van der Waals surface area (Å²) in [6.07, 6.45) is -4.17. The fourth-order valence-corrected chi connectivity index (χ4v) is 4.84. The van der Waals surface area contributed by atoms with Gasteiger partial charge < -0.3 is 25.0 Å². The van der Waals surface area contributed by atoms with Gasteiger partial charge in [0.1, 0.15) is 5.69 Å². The van der Waals surface area contributed by atoms with E-state index in [1.807, 2.05) is 42.5 Å². The fraction of sp³-hybridized carbons (Fsp3) is 0.276. The molecule has 5 rings (SSSR count). The molecule has 2 aliphatic heterocycles. The van der Waals surface area contributed by atoms with Crippen molar-refractivity contribution in [2.24, 2.45) is 4.99 Å². The summed E-state index contributed by atoms with van der Waals surface area (Å²) >= 11 is 0. The summed E-state index contributed by atoms with van der Waals surface area (Å²) in [5, 5.41) is 22.2. The normalized spacial score (nSPS) is 17.4. The summed E-state index contributed by atoms with van der Waals surface area (Å²) < 4.78 is 51.3. The van der Waals surface area contributed by atoms with Crippen molar-refractivity contribution in [3.05, 3.63) is 89.2 Å². The van der Waals surface area contributed by atoms with Crippen molar-refractivity contribution in [2.45, 2.75) is 31.3 Å². The van der Waals surface area contributed by atoms with Crippen molar-refractivity contribution < 1.29 is 27.4 Å². The van der Waals surface area contributed by atoms with E-state index in [0.717, 1.165) is 11.6 Å². The van der Waals surface area contributed by atoms with Crippen LogP contribution in [-0.4, -0.2) is 61.0 Å². The topological polar surface area (TPSA) is 136 Å². The third-order valence-corrected chi connectivity index (χ3v) is 6.99. The second-order valence-corrected chi connectivity index (χ2v) is 9.70. The summed E-state index contributed by atoms with van der Waals surface area (Å²) in [5.41, 5.74) is 1.37. The quantitative estimate of drug-likeness (QED) is 0.262. The van der Waals surface area contributed by atoms with Crippen LogP contribution in [-0.2, 0) is 20.4 Å². The van der Waals surface area contributed by atoms with Crippen LogP contribution in [0.2, 0.25) is 0 Å². The van der Waals surface area contributed by atoms with E-state index < -0.39 is 35.7 Å². The van der Waals surface area contributed by atoms with Crippen LogP contribution < -0.4 is 15.5 Å². The highest BCUT2D eigenvalue weighted by molar-refractivity contribution is 6.19. The summed E-state index contributed by atoms with van der Waals surface area (Å²) in [6.45, 7) is 0.772. The van der Waals surface area contributed by atoms with Crippen LogP contribution in [0.3, 0.4) is 0 Å². The van der Waals surface area contributed by atoms with Gasteiger partial charge in [-0.05, 0) is 25.0 Å². The Hall–Kier alpha value is -4.78. The van der Waals surface area contributed by atoms with Crippen LogP contribution in [0, 0.1) is 10.8 Å². The number of amidine groups is 1. The number of benzodiazepines with no additional fused rings is 1. The molecule has 218 valence electrons. The average molecular weight is 580 g/mol. The standard InChI is InChI=1S/C29H28F3N7O3/c1-41-19-11-13-39(14-12-19)22-15-18(29(30,31)32)16-35-24(22)25(33)42-28(34)38-26-27(40)36-21-10-6-5-9-20(21)23(37-26)17-7-3-2-4-8-17/h2-10,15-16,19,26,33H,11-14H2,1H3,(H2,34,38)(H,36,40). The number of aromatic nitrogens is 1. The Kier molecular flexibility index (Phi) is 8.20. The lowest BCUT2D eigenvalue weighted by Gasteiger charge is -2.34. The molecule has 2 aromatic carbocycles. The summed E-state index contributed by atoms with van der Waals surface area (Å²) in [6, 6.07) is 16.6. The number of methoxy groups -OCH3 is 1. The van der Waals surface area contributed by atoms with Crippen LogP contribution in [0.5, 0.6) is 0 Å². The maximum Gasteiger partial charge on any atom is 0.417 e. The zero-order valence-corrected chi connectivity index (χ0v) is 22.5. The molecular weight excluding hydrogens is 551 g/mol. The highest BCUT2D eigenvalue weighted by Gasteiger charge is 2.34. The largest absolute Gasteiger partial charge is 0.417 e. The molecule has 4 N–H and O–H groups in total. The Balaban J connectivity index is 1.38. The number of para-hydroxylation sites is 1. The number of hydrogen-bond donors (Lipinski definition) is 4. The van der Waals surface area contributed by atoms with Gasteiger partial charge in [0.05, 0.1) is 28.8 Å². The zero-order chi connectivity index (χ0) is 29.9. The van der Waals surface area contributed by atoms with Crippen LogP contribution >= 0.6 is 0 Å². The molecule has 1 unspecified atom stereocenters. The Morgan fingerprint density at radius 1 is 1.07 bits per heavy atom. The van der Waals surface area contributed by atoms with Crippen LogP contribution in [0.1, 0.15) is 35.2 Å². The number of halogens is 3. The van der Waals surface area contributed by atoms with Crippen molar-refractivity contribution >= 4 is 34.9 Å². The van der Waals surface area contributed by atoms with Crippen LogP contribution in [0.4, 0.5) is 24.5 Å². The Morgan fingerprint density at radius 2 is 1.76 bits per heavy atom. The molecule has 0 saturated carbocycles. The number of benzene rings is 2. The summed E-state index contributed by atoms with van der Waals surface area (Å²) in [4.78, 5) is 23.2. The Labute approximate surface area is 239 Å². The first-order valence-corrected chi connectivity index (χ1v) is 13.1. The minimum atomic E-state index is -4.64. The van der Waals surface area contributed by atoms with Gasteiger partial charge in [0, 0.05) is 37.5 Å². The number of carbonyl (C=O) groups excluding carboxylic acids is 1. The number of ether oxygens (including phenoxy) is 2. The summed E-state index contributed by atoms with van der Waals surface area (Å²) in [7, 11) is 1.58. The van der Waals surface area contributed by atoms with Gasteiger partial charge in [0.2, 0.25) is 12.1 Å². The minimum absolute atomic E-state index is 0.0188. The SMILES string of the molecule is COC1CCN(c2cc(C(F)(F)F)cnc2C(=N)OC(=N)NC2N=C(c3ccccc3)c3ccccc3NC2=O)CC1. The number of pyridine rings is 1. The lowest BCUT2D eigenvalue weighted by molar-refractivity contribution is -0.137. The Bertz CT molecular complexity index is 1520. The highest BCUT2D eigenvalue weighted by Crippen LogP contribution is 2.34. The molecule has 3 aromatic rings. The maximum atomic E-state index is 13.5. The van der Waals surface area contributed by atoms with E-state index in [2.05, 4.69) is 20.6 Å². The van der Waals surface area contributed by atoms with E-state index in [1.165, 1.54) is 0 Å². The number of carbonyl (C=O) groups is 1. The van der Waals surface area contributed by atoms with Crippen LogP contribution in [0.25, 0.3) is 0 Å². The lowest BCUT2D eigenvalue weighted by Crippen LogP contribution is -2.43. The molecule has 10 nitrogen and oxygen atoms in total. The third kappa shape index (κ3) is 6.25. The highest BCUT2D eigenvalue weighted by atomic mass is 19.4. The molecule has 1 atom stereocenters. The molecule has 13 heteroatoms. The maximum absolute atomic E-state index is 13.5. The van der Waals surface area contributed by atoms with Gasteiger partial charge in [-0.3, -0.25) is 15.6 Å². The number of piperidine rings is 1. The van der Waals surface area contributed by atoms with E-state index in [0.29, 0.717) is 49.1 Å². The van der Waals surface area contributed by atoms with Gasteiger partial charge >= 0.3 is 6.18 Å². The molecule has 42 heavy (non-hydrogen) atoms. The number of alkyl halides is 3. The predicted octanol–water partition coefficient (Wildman–Crippen LogP) is 4.40. The Morgan fingerprint density at radius 3 is 2.45 bits per heavy atom. The first-order valence-electron chi connectivity index (χ1n) is 13.1. The average Bonchev–Trinajstić information content (AvgIpc) is 3.12. The third-order valence-electron chi connectivity index (χ3n) is 6.99. The number of nitrogens with zero attached hydrogens (tertiary/aromatic N) is 3. The van der Waals surface area contributed by atoms with Gasteiger partial charge in [-0.15, -0.1) is 0 Å². The molecule has 1 aromatic heterocycles. The number of aliphatic imine (C=N–C) groups is 1. The second-order valence-electron chi connectivity index (χ2n) is 9.70. The van der Waals surface area contributed by atoms with Crippen molar-refractivity contribution in [1.82, 2.24) is 10.3 Å². The first-order chi connectivity index (χ1) is 20.1. The summed E-state index contributed by atoms with van der Waals surface area (Å²) in [5.74, 6) is -1.22. The van der Waals surface area contributed by atoms with Gasteiger partial charge in [-0.2, -0.15) is 13.2 Å². The molecule has 3 heterocycles. The van der Waals surface area contributed by atoms with Gasteiger partial charge in [-0.1, -0.05) is 48.5 Å². The molecule has 1 saturated heterocycles. The van der Waals surface area contributed by atoms with Crippen molar-refractivity contribution in [3.63, 3.8) is 0 Å². The number of hydrogen-bond acceptors (Lipinski definition) is 8. The lowest BCUT2D eigenvalue weighted by atomic mass is 10.0. The number of anilines is 2. The zero-order valence-electron chi connectivity index (χ0n) is 22.5. The molecule has 0 radical (unpaired) electrons. The monoisotopic (exact) mass is 579 g/mol. The van der Waals surface area contributed by atoms with E-state index in [9.17, 15) is 18.0 Å². The second kappa shape index (κ2) is 12.0. The molecular formula is C29H28F3N7O3. The van der Waals surface area contributed by atoms with E-state index >= 15 is 0 Å². The molecule has 0 bridgehead atoms.